The number of hydrogen-bond donors (Lipinski definition) is 2. The Morgan fingerprint density at radius 3 is 2.31 bits per heavy atom. The van der Waals surface area contributed by atoms with Gasteiger partial charge in [-0.3, -0.25) is 18.9 Å². The first kappa shape index (κ1) is 48.7. The predicted molar refractivity (Wildman–Crippen MR) is 231 cm³/mol. The van der Waals surface area contributed by atoms with E-state index >= 15 is 8.78 Å². The van der Waals surface area contributed by atoms with Crippen LogP contribution in [0.4, 0.5) is 45.3 Å². The Morgan fingerprint density at radius 2 is 1.68 bits per heavy atom. The van der Waals surface area contributed by atoms with E-state index in [4.69, 9.17) is 11.6 Å². The summed E-state index contributed by atoms with van der Waals surface area (Å²) in [5, 5.41) is 9.11. The molecule has 0 saturated heterocycles. The molecule has 24 heteroatoms. The van der Waals surface area contributed by atoms with Gasteiger partial charge in [0.2, 0.25) is 15.9 Å². The van der Waals surface area contributed by atoms with Gasteiger partial charge in [-0.05, 0) is 81.8 Å². The number of sulfone groups is 1. The summed E-state index contributed by atoms with van der Waals surface area (Å²) in [4.78, 5) is 18.9. The van der Waals surface area contributed by atoms with Gasteiger partial charge in [-0.2, -0.15) is 32.1 Å². The molecule has 0 bridgehead atoms. The molecule has 3 aromatic heterocycles. The summed E-state index contributed by atoms with van der Waals surface area (Å²) < 4.78 is 187. The lowest BCUT2D eigenvalue weighted by molar-refractivity contribution is -0.142. The van der Waals surface area contributed by atoms with Crippen LogP contribution in [-0.2, 0) is 56.3 Å². The van der Waals surface area contributed by atoms with Crippen LogP contribution in [0.15, 0.2) is 42.5 Å². The average Bonchev–Trinajstić information content (AvgIpc) is 3.60. The monoisotopic (exact) mass is 1010 g/mol. The van der Waals surface area contributed by atoms with Crippen LogP contribution in [0.25, 0.3) is 22.0 Å². The summed E-state index contributed by atoms with van der Waals surface area (Å²) in [6.45, 7) is 1.68. The molecule has 1 fully saturated rings. The summed E-state index contributed by atoms with van der Waals surface area (Å²) in [6, 6.07) is 5.89. The Morgan fingerprint density at radius 1 is 1.00 bits per heavy atom. The number of hydrogen-bond acceptors (Lipinski definition) is 8. The second-order valence-electron chi connectivity index (χ2n) is 17.0. The first-order valence-corrected chi connectivity index (χ1v) is 24.3. The zero-order valence-corrected chi connectivity index (χ0v) is 38.1. The first-order valence-electron chi connectivity index (χ1n) is 20.8. The lowest BCUT2D eigenvalue weighted by Crippen LogP contribution is -2.35. The Hall–Kier alpha value is -5.78. The number of fused-ring (bicyclic) bond motifs is 4. The van der Waals surface area contributed by atoms with Gasteiger partial charge in [-0.15, -0.1) is 5.92 Å². The molecule has 68 heavy (non-hydrogen) atoms. The Bertz CT molecular complexity index is 3240. The van der Waals surface area contributed by atoms with Crippen molar-refractivity contribution in [3.63, 3.8) is 0 Å². The van der Waals surface area contributed by atoms with E-state index in [1.807, 2.05) is 0 Å². The topological polar surface area (TPSA) is 158 Å². The van der Waals surface area contributed by atoms with E-state index in [0.717, 1.165) is 16.8 Å². The molecule has 360 valence electrons. The van der Waals surface area contributed by atoms with E-state index < -0.39 is 138 Å². The van der Waals surface area contributed by atoms with Crippen LogP contribution in [0.1, 0.15) is 85.9 Å². The standard InChI is InChI=1S/C44H37ClF9N7O5S2/c1-4-67(63,64)59-41-36-31(45)13-12-28(38(36)60(58-41)20-33(48)49)27-11-8-25(14-15-42(2,3)68(65,66)26-9-10-26)55-37(27)32(18-22-16-23(46)19-24(47)17-22)56-34(62)21-61-40-35(39(57-61)44(52,53)54)29-6-5-7-30(29)43(40,50)51/h8,11-13,16-17,19,26,29-30,32-33H,4,7,9-10,18,20-21H2,1-3H3,(H,56,62)(H,58,59)/t29-,30+,32-/m0/s1. The predicted octanol–water partition coefficient (Wildman–Crippen LogP) is 8.29. The number of benzene rings is 2. The average molecular weight is 1010 g/mol. The first-order chi connectivity index (χ1) is 31.7. The Labute approximate surface area is 388 Å². The zero-order valence-electron chi connectivity index (χ0n) is 35.8. The second kappa shape index (κ2) is 17.3. The summed E-state index contributed by atoms with van der Waals surface area (Å²) in [5.41, 5.74) is -4.60. The normalized spacial score (nSPS) is 18.1. The highest BCUT2D eigenvalue weighted by Gasteiger charge is 2.61. The molecule has 3 atom stereocenters. The van der Waals surface area contributed by atoms with E-state index in [2.05, 4.69) is 48.9 Å². The molecule has 0 spiro atoms. The summed E-state index contributed by atoms with van der Waals surface area (Å²) in [7, 11) is -7.90. The largest absolute Gasteiger partial charge is 0.435 e. The number of nitrogens with one attached hydrogen (secondary N) is 2. The fourth-order valence-corrected chi connectivity index (χ4v) is 11.1. The van der Waals surface area contributed by atoms with E-state index in [-0.39, 0.29) is 48.7 Å². The number of sulfonamides is 1. The van der Waals surface area contributed by atoms with Gasteiger partial charge in [0, 0.05) is 29.2 Å². The molecule has 0 aliphatic heterocycles. The molecule has 0 unspecified atom stereocenters. The minimum atomic E-state index is -5.24. The maximum atomic E-state index is 16.0. The lowest BCUT2D eigenvalue weighted by atomic mass is 9.93. The van der Waals surface area contributed by atoms with Gasteiger partial charge in [0.25, 0.3) is 12.3 Å². The van der Waals surface area contributed by atoms with E-state index in [1.165, 1.54) is 45.0 Å². The third-order valence-corrected chi connectivity index (χ3v) is 16.3. The SMILES string of the molecule is CCS(=O)(=O)Nc1nn(CC(F)F)c2c(-c3ccc(C#CC(C)(C)S(=O)(=O)C4CC4)nc3[C@H](Cc3cc(F)cc(F)c3)NC(=O)Cn3nc(C(F)(F)F)c4c3C(F)(F)[C@@H]3CC#C[C@H]43)ccc(Cl)c12. The van der Waals surface area contributed by atoms with Crippen molar-refractivity contribution in [1.29, 1.82) is 0 Å². The van der Waals surface area contributed by atoms with E-state index in [1.54, 1.807) is 0 Å². The molecule has 3 aliphatic rings. The molecule has 0 radical (unpaired) electrons. The fraction of sp³-hybridized carbons (Fsp3) is 0.409. The quantitative estimate of drug-likeness (QED) is 0.0832. The lowest BCUT2D eigenvalue weighted by Gasteiger charge is -2.24. The molecule has 2 N–H and O–H groups in total. The van der Waals surface area contributed by atoms with Crippen LogP contribution in [-0.4, -0.2) is 69.5 Å². The maximum absolute atomic E-state index is 16.0. The molecular formula is C44H37ClF9N7O5S2. The summed E-state index contributed by atoms with van der Waals surface area (Å²) in [5.74, 6) is -1.18. The van der Waals surface area contributed by atoms with Crippen molar-refractivity contribution in [3.05, 3.63) is 93.0 Å². The van der Waals surface area contributed by atoms with Gasteiger partial charge < -0.3 is 5.32 Å². The van der Waals surface area contributed by atoms with E-state index in [0.29, 0.717) is 18.9 Å². The highest BCUT2D eigenvalue weighted by Crippen LogP contribution is 2.58. The number of anilines is 1. The Kier molecular flexibility index (Phi) is 12.4. The fourth-order valence-electron chi connectivity index (χ4n) is 8.46. The van der Waals surface area contributed by atoms with Crippen LogP contribution in [0.3, 0.4) is 0 Å². The van der Waals surface area contributed by atoms with Crippen LogP contribution >= 0.6 is 11.6 Å². The number of carbonyl (C=O) groups excluding carboxylic acids is 1. The highest BCUT2D eigenvalue weighted by molar-refractivity contribution is 7.94. The third kappa shape index (κ3) is 9.11. The molecule has 1 saturated carbocycles. The smallest absolute Gasteiger partial charge is 0.346 e. The molecule has 3 heterocycles. The molecule has 2 aromatic carbocycles. The number of rotatable bonds is 14. The van der Waals surface area contributed by atoms with Gasteiger partial charge in [-0.25, -0.2) is 39.4 Å². The second-order valence-corrected chi connectivity index (χ2v) is 22.2. The number of halogens is 10. The van der Waals surface area contributed by atoms with Crippen molar-refractivity contribution < 1.29 is 61.1 Å². The zero-order chi connectivity index (χ0) is 49.5. The molecule has 3 aliphatic carbocycles. The van der Waals surface area contributed by atoms with Crippen molar-refractivity contribution in [3.8, 4) is 34.8 Å². The highest BCUT2D eigenvalue weighted by atomic mass is 35.5. The molecule has 1 amide bonds. The van der Waals surface area contributed by atoms with Crippen LogP contribution < -0.4 is 10.0 Å². The van der Waals surface area contributed by atoms with Crippen molar-refractivity contribution in [2.75, 3.05) is 10.5 Å². The van der Waals surface area contributed by atoms with Gasteiger partial charge in [-0.1, -0.05) is 29.5 Å². The third-order valence-electron chi connectivity index (χ3n) is 11.8. The Balaban J connectivity index is 1.33. The van der Waals surface area contributed by atoms with Crippen LogP contribution in [0.2, 0.25) is 5.02 Å². The van der Waals surface area contributed by atoms with Crippen molar-refractivity contribution in [2.45, 2.75) is 100 Å². The molecule has 8 rings (SSSR count). The van der Waals surface area contributed by atoms with Gasteiger partial charge in [0.05, 0.1) is 50.5 Å². The minimum Gasteiger partial charge on any atom is -0.346 e. The summed E-state index contributed by atoms with van der Waals surface area (Å²) in [6.07, 6.45) is -8.49. The van der Waals surface area contributed by atoms with E-state index in [9.17, 15) is 52.4 Å². The van der Waals surface area contributed by atoms with Gasteiger partial charge in [0.1, 0.15) is 40.9 Å². The van der Waals surface area contributed by atoms with Crippen molar-refractivity contribution in [2.24, 2.45) is 5.92 Å². The number of amides is 1. The number of pyridine rings is 1. The molecular weight excluding hydrogens is 977 g/mol. The molecule has 5 aromatic rings. The maximum Gasteiger partial charge on any atom is 0.435 e. The number of nitrogens with zero attached hydrogens (tertiary/aromatic N) is 5. The number of aromatic nitrogens is 5. The number of alkyl halides is 7. The van der Waals surface area contributed by atoms with Crippen molar-refractivity contribution in [1.82, 2.24) is 29.9 Å². The minimum absolute atomic E-state index is 0.0465. The summed E-state index contributed by atoms with van der Waals surface area (Å²) >= 11 is 6.60. The van der Waals surface area contributed by atoms with Gasteiger partial charge in [0.15, 0.2) is 21.3 Å². The van der Waals surface area contributed by atoms with Gasteiger partial charge >= 0.3 is 6.18 Å². The van der Waals surface area contributed by atoms with Crippen LogP contribution in [0, 0.1) is 41.2 Å². The van der Waals surface area contributed by atoms with Crippen molar-refractivity contribution >= 4 is 54.1 Å². The molecule has 12 nitrogen and oxygen atoms in total. The number of carbonyl (C=O) groups is 1. The van der Waals surface area contributed by atoms with Crippen LogP contribution in [0.5, 0.6) is 0 Å².